The summed E-state index contributed by atoms with van der Waals surface area (Å²) in [5.41, 5.74) is 1.57. The highest BCUT2D eigenvalue weighted by Crippen LogP contribution is 2.26. The molecule has 2 rings (SSSR count). The molecule has 0 radical (unpaired) electrons. The molecule has 0 heterocycles. The average molecular weight is 276 g/mol. The normalized spacial score (nSPS) is 12.2. The zero-order valence-corrected chi connectivity index (χ0v) is 11.3. The molecule has 3 nitrogen and oxygen atoms in total. The van der Waals surface area contributed by atoms with Gasteiger partial charge in [-0.05, 0) is 24.6 Å². The first-order valence-corrected chi connectivity index (χ1v) is 6.39. The Labute approximate surface area is 117 Å². The van der Waals surface area contributed by atoms with Crippen LogP contribution in [0, 0.1) is 5.82 Å². The molecule has 20 heavy (non-hydrogen) atoms. The maximum atomic E-state index is 13.2. The number of hydrogen-bond donors (Lipinski definition) is 1. The van der Waals surface area contributed by atoms with E-state index >= 15 is 0 Å². The summed E-state index contributed by atoms with van der Waals surface area (Å²) >= 11 is 0. The molecule has 0 bridgehead atoms. The SMILES string of the molecule is CC(O)c1ccc(F)cc1OCOCc1ccccc1. The molecule has 1 atom stereocenters. The highest BCUT2D eigenvalue weighted by Gasteiger charge is 2.10. The molecule has 0 aromatic heterocycles. The monoisotopic (exact) mass is 276 g/mol. The highest BCUT2D eigenvalue weighted by atomic mass is 19.1. The van der Waals surface area contributed by atoms with E-state index < -0.39 is 11.9 Å². The van der Waals surface area contributed by atoms with Crippen molar-refractivity contribution in [2.24, 2.45) is 0 Å². The molecule has 2 aromatic rings. The van der Waals surface area contributed by atoms with Crippen molar-refractivity contribution in [2.45, 2.75) is 19.6 Å². The molecule has 0 aliphatic carbocycles. The second-order valence-electron chi connectivity index (χ2n) is 4.45. The van der Waals surface area contributed by atoms with Crippen molar-refractivity contribution < 1.29 is 19.0 Å². The van der Waals surface area contributed by atoms with Gasteiger partial charge in [-0.25, -0.2) is 4.39 Å². The summed E-state index contributed by atoms with van der Waals surface area (Å²) in [6.45, 7) is 2.02. The number of halogens is 1. The van der Waals surface area contributed by atoms with Crippen LogP contribution in [0.4, 0.5) is 4.39 Å². The molecule has 1 N–H and O–H groups in total. The van der Waals surface area contributed by atoms with Crippen molar-refractivity contribution in [3.63, 3.8) is 0 Å². The number of benzene rings is 2. The van der Waals surface area contributed by atoms with E-state index in [4.69, 9.17) is 9.47 Å². The first-order valence-electron chi connectivity index (χ1n) is 6.39. The van der Waals surface area contributed by atoms with Gasteiger partial charge in [-0.2, -0.15) is 0 Å². The van der Waals surface area contributed by atoms with Crippen molar-refractivity contribution in [3.8, 4) is 5.75 Å². The third-order valence-electron chi connectivity index (χ3n) is 2.84. The smallest absolute Gasteiger partial charge is 0.189 e. The van der Waals surface area contributed by atoms with Crippen LogP contribution in [0.3, 0.4) is 0 Å². The molecule has 0 aliphatic rings. The summed E-state index contributed by atoms with van der Waals surface area (Å²) in [5, 5.41) is 9.59. The van der Waals surface area contributed by atoms with Crippen molar-refractivity contribution in [2.75, 3.05) is 6.79 Å². The van der Waals surface area contributed by atoms with Gasteiger partial charge in [0.25, 0.3) is 0 Å². The van der Waals surface area contributed by atoms with Gasteiger partial charge >= 0.3 is 0 Å². The van der Waals surface area contributed by atoms with Crippen LogP contribution in [-0.2, 0) is 11.3 Å². The lowest BCUT2D eigenvalue weighted by Crippen LogP contribution is -2.06. The number of aliphatic hydroxyl groups excluding tert-OH is 1. The van der Waals surface area contributed by atoms with Gasteiger partial charge in [-0.15, -0.1) is 0 Å². The first kappa shape index (κ1) is 14.5. The number of hydrogen-bond acceptors (Lipinski definition) is 3. The van der Waals surface area contributed by atoms with Crippen LogP contribution in [0.15, 0.2) is 48.5 Å². The molecule has 106 valence electrons. The van der Waals surface area contributed by atoms with Gasteiger partial charge in [0.05, 0.1) is 12.7 Å². The van der Waals surface area contributed by atoms with E-state index in [0.717, 1.165) is 5.56 Å². The number of aliphatic hydroxyl groups is 1. The quantitative estimate of drug-likeness (QED) is 0.649. The van der Waals surface area contributed by atoms with E-state index in [9.17, 15) is 9.50 Å². The molecule has 0 spiro atoms. The fourth-order valence-corrected chi connectivity index (χ4v) is 1.82. The standard InChI is InChI=1S/C16H17FO3/c1-12(18)15-8-7-14(17)9-16(15)20-11-19-10-13-5-3-2-4-6-13/h2-9,12,18H,10-11H2,1H3. The highest BCUT2D eigenvalue weighted by molar-refractivity contribution is 5.35. The molecule has 0 fully saturated rings. The van der Waals surface area contributed by atoms with Gasteiger partial charge in [0.15, 0.2) is 6.79 Å². The topological polar surface area (TPSA) is 38.7 Å². The van der Waals surface area contributed by atoms with Gasteiger partial charge in [0.1, 0.15) is 11.6 Å². The Hall–Kier alpha value is -1.91. The molecular formula is C16H17FO3. The Balaban J connectivity index is 1.89. The van der Waals surface area contributed by atoms with Crippen LogP contribution in [0.5, 0.6) is 5.75 Å². The minimum absolute atomic E-state index is 0.00192. The number of ether oxygens (including phenoxy) is 2. The zero-order chi connectivity index (χ0) is 14.4. The largest absolute Gasteiger partial charge is 0.467 e. The van der Waals surface area contributed by atoms with Crippen LogP contribution in [0.1, 0.15) is 24.2 Å². The summed E-state index contributed by atoms with van der Waals surface area (Å²) in [6.07, 6.45) is -0.722. The summed E-state index contributed by atoms with van der Waals surface area (Å²) < 4.78 is 23.9. The lowest BCUT2D eigenvalue weighted by Gasteiger charge is -2.13. The van der Waals surface area contributed by atoms with Crippen molar-refractivity contribution in [1.29, 1.82) is 0 Å². The van der Waals surface area contributed by atoms with Gasteiger partial charge in [0.2, 0.25) is 0 Å². The van der Waals surface area contributed by atoms with Gasteiger partial charge < -0.3 is 14.6 Å². The maximum absolute atomic E-state index is 13.2. The summed E-state index contributed by atoms with van der Waals surface area (Å²) in [7, 11) is 0. The Morgan fingerprint density at radius 1 is 1.15 bits per heavy atom. The number of rotatable bonds is 6. The van der Waals surface area contributed by atoms with E-state index in [2.05, 4.69) is 0 Å². The fraction of sp³-hybridized carbons (Fsp3) is 0.250. The first-order chi connectivity index (χ1) is 9.66. The van der Waals surface area contributed by atoms with Crippen LogP contribution in [0.25, 0.3) is 0 Å². The molecule has 0 amide bonds. The molecule has 0 saturated carbocycles. The predicted octanol–water partition coefficient (Wildman–Crippen LogP) is 3.43. The van der Waals surface area contributed by atoms with Crippen LogP contribution in [0.2, 0.25) is 0 Å². The molecular weight excluding hydrogens is 259 g/mol. The second-order valence-corrected chi connectivity index (χ2v) is 4.45. The summed E-state index contributed by atoms with van der Waals surface area (Å²) in [4.78, 5) is 0. The van der Waals surface area contributed by atoms with Crippen LogP contribution in [-0.4, -0.2) is 11.9 Å². The third-order valence-corrected chi connectivity index (χ3v) is 2.84. The molecule has 1 unspecified atom stereocenters. The molecule has 0 saturated heterocycles. The second kappa shape index (κ2) is 7.03. The van der Waals surface area contributed by atoms with E-state index in [1.54, 1.807) is 6.92 Å². The van der Waals surface area contributed by atoms with E-state index in [1.807, 2.05) is 30.3 Å². The van der Waals surface area contributed by atoms with Gasteiger partial charge in [0, 0.05) is 11.6 Å². The Morgan fingerprint density at radius 3 is 2.60 bits per heavy atom. The Bertz CT molecular complexity index is 541. The maximum Gasteiger partial charge on any atom is 0.189 e. The third kappa shape index (κ3) is 4.05. The molecule has 2 aromatic carbocycles. The Kier molecular flexibility index (Phi) is 5.09. The molecule has 0 aliphatic heterocycles. The van der Waals surface area contributed by atoms with Crippen LogP contribution >= 0.6 is 0 Å². The Morgan fingerprint density at radius 2 is 1.90 bits per heavy atom. The van der Waals surface area contributed by atoms with Gasteiger partial charge in [-0.3, -0.25) is 0 Å². The van der Waals surface area contributed by atoms with Crippen molar-refractivity contribution >= 4 is 0 Å². The summed E-state index contributed by atoms with van der Waals surface area (Å²) in [5.74, 6) is -0.111. The minimum Gasteiger partial charge on any atom is -0.467 e. The van der Waals surface area contributed by atoms with Gasteiger partial charge in [-0.1, -0.05) is 30.3 Å². The lowest BCUT2D eigenvalue weighted by atomic mass is 10.1. The minimum atomic E-state index is -0.722. The van der Waals surface area contributed by atoms with Crippen molar-refractivity contribution in [1.82, 2.24) is 0 Å². The average Bonchev–Trinajstić information content (AvgIpc) is 2.44. The van der Waals surface area contributed by atoms with E-state index in [1.165, 1.54) is 18.2 Å². The van der Waals surface area contributed by atoms with E-state index in [0.29, 0.717) is 17.9 Å². The molecule has 4 heteroatoms. The predicted molar refractivity (Wildman–Crippen MR) is 73.8 cm³/mol. The lowest BCUT2D eigenvalue weighted by molar-refractivity contribution is 0.00327. The van der Waals surface area contributed by atoms with Crippen molar-refractivity contribution in [3.05, 3.63) is 65.5 Å². The zero-order valence-electron chi connectivity index (χ0n) is 11.3. The van der Waals surface area contributed by atoms with E-state index in [-0.39, 0.29) is 6.79 Å². The summed E-state index contributed by atoms with van der Waals surface area (Å²) in [6, 6.07) is 13.7. The fourth-order valence-electron chi connectivity index (χ4n) is 1.82. The van der Waals surface area contributed by atoms with Crippen LogP contribution < -0.4 is 4.74 Å².